The molecule has 2 rings (SSSR count). The van der Waals surface area contributed by atoms with Gasteiger partial charge in [0, 0.05) is 38.5 Å². The number of aryl methyl sites for hydroxylation is 1. The number of hydrogen-bond donors (Lipinski definition) is 1. The van der Waals surface area contributed by atoms with Crippen LogP contribution in [-0.2, 0) is 11.2 Å². The first-order valence-electron chi connectivity index (χ1n) is 7.85. The van der Waals surface area contributed by atoms with Gasteiger partial charge in [-0.2, -0.15) is 0 Å². The van der Waals surface area contributed by atoms with Gasteiger partial charge in [-0.15, -0.1) is 0 Å². The topological polar surface area (TPSA) is 24.5 Å². The SMILES string of the molecule is CCc1ccc(N(C)CCNC(C)C2CCCO2)cc1. The smallest absolute Gasteiger partial charge is 0.0726 e. The summed E-state index contributed by atoms with van der Waals surface area (Å²) < 4.78 is 5.71. The highest BCUT2D eigenvalue weighted by Crippen LogP contribution is 2.16. The van der Waals surface area contributed by atoms with Crippen LogP contribution in [0.5, 0.6) is 0 Å². The molecule has 3 nitrogen and oxygen atoms in total. The Bertz CT molecular complexity index is 384. The molecule has 1 heterocycles. The van der Waals surface area contributed by atoms with E-state index in [0.29, 0.717) is 12.1 Å². The maximum Gasteiger partial charge on any atom is 0.0726 e. The van der Waals surface area contributed by atoms with Crippen LogP contribution in [0.1, 0.15) is 32.3 Å². The summed E-state index contributed by atoms with van der Waals surface area (Å²) in [4.78, 5) is 2.30. The Morgan fingerprint density at radius 2 is 2.10 bits per heavy atom. The number of hydrogen-bond acceptors (Lipinski definition) is 3. The highest BCUT2D eigenvalue weighted by Gasteiger charge is 2.21. The lowest BCUT2D eigenvalue weighted by molar-refractivity contribution is 0.0841. The Morgan fingerprint density at radius 1 is 1.35 bits per heavy atom. The zero-order valence-corrected chi connectivity index (χ0v) is 13.1. The maximum absolute atomic E-state index is 5.71. The average Bonchev–Trinajstić information content (AvgIpc) is 3.01. The molecule has 0 amide bonds. The first kappa shape index (κ1) is 15.3. The van der Waals surface area contributed by atoms with Crippen molar-refractivity contribution in [1.82, 2.24) is 5.32 Å². The molecular formula is C17H28N2O. The molecule has 0 aromatic heterocycles. The van der Waals surface area contributed by atoms with Gasteiger partial charge in [-0.25, -0.2) is 0 Å². The number of ether oxygens (including phenoxy) is 1. The second-order valence-electron chi connectivity index (χ2n) is 5.74. The largest absolute Gasteiger partial charge is 0.377 e. The summed E-state index contributed by atoms with van der Waals surface area (Å²) in [5.74, 6) is 0. The van der Waals surface area contributed by atoms with E-state index in [2.05, 4.69) is 55.4 Å². The summed E-state index contributed by atoms with van der Waals surface area (Å²) in [6.45, 7) is 7.36. The summed E-state index contributed by atoms with van der Waals surface area (Å²) in [6.07, 6.45) is 3.91. The lowest BCUT2D eigenvalue weighted by Gasteiger charge is -2.24. The maximum atomic E-state index is 5.71. The fourth-order valence-electron chi connectivity index (χ4n) is 2.70. The summed E-state index contributed by atoms with van der Waals surface area (Å²) in [7, 11) is 2.15. The van der Waals surface area contributed by atoms with Crippen molar-refractivity contribution in [2.45, 2.75) is 45.3 Å². The summed E-state index contributed by atoms with van der Waals surface area (Å²) in [5, 5.41) is 3.58. The number of likely N-dealkylation sites (N-methyl/N-ethyl adjacent to an activating group) is 1. The van der Waals surface area contributed by atoms with Gasteiger partial charge < -0.3 is 15.0 Å². The van der Waals surface area contributed by atoms with E-state index in [-0.39, 0.29) is 0 Å². The molecule has 1 aliphatic heterocycles. The monoisotopic (exact) mass is 276 g/mol. The van der Waals surface area contributed by atoms with Gasteiger partial charge >= 0.3 is 0 Å². The van der Waals surface area contributed by atoms with E-state index in [4.69, 9.17) is 4.74 Å². The molecule has 0 aliphatic carbocycles. The van der Waals surface area contributed by atoms with E-state index in [9.17, 15) is 0 Å². The van der Waals surface area contributed by atoms with E-state index in [1.54, 1.807) is 0 Å². The lowest BCUT2D eigenvalue weighted by atomic mass is 10.1. The summed E-state index contributed by atoms with van der Waals surface area (Å²) in [6, 6.07) is 9.31. The molecule has 1 fully saturated rings. The van der Waals surface area contributed by atoms with Gasteiger partial charge in [-0.1, -0.05) is 19.1 Å². The Hall–Kier alpha value is -1.06. The molecular weight excluding hydrogens is 248 g/mol. The van der Waals surface area contributed by atoms with Crippen LogP contribution in [0.4, 0.5) is 5.69 Å². The number of anilines is 1. The number of nitrogens with one attached hydrogen (secondary N) is 1. The molecule has 20 heavy (non-hydrogen) atoms. The van der Waals surface area contributed by atoms with Crippen LogP contribution in [-0.4, -0.2) is 38.9 Å². The van der Waals surface area contributed by atoms with Gasteiger partial charge in [-0.05, 0) is 43.9 Å². The Balaban J connectivity index is 1.72. The second kappa shape index (κ2) is 7.65. The first-order valence-corrected chi connectivity index (χ1v) is 7.85. The van der Waals surface area contributed by atoms with Crippen LogP contribution in [0.3, 0.4) is 0 Å². The molecule has 1 aliphatic rings. The standard InChI is InChI=1S/C17H28N2O/c1-4-15-7-9-16(10-8-15)19(3)12-11-18-14(2)17-6-5-13-20-17/h7-10,14,17-18H,4-6,11-13H2,1-3H3. The quantitative estimate of drug-likeness (QED) is 0.829. The molecule has 1 aromatic rings. The van der Waals surface area contributed by atoms with Gasteiger partial charge in [0.25, 0.3) is 0 Å². The van der Waals surface area contributed by atoms with Crippen molar-refractivity contribution < 1.29 is 4.74 Å². The predicted molar refractivity (Wildman–Crippen MR) is 85.5 cm³/mol. The molecule has 0 bridgehead atoms. The van der Waals surface area contributed by atoms with E-state index >= 15 is 0 Å². The minimum atomic E-state index is 0.407. The van der Waals surface area contributed by atoms with Crippen LogP contribution in [0.25, 0.3) is 0 Å². The minimum absolute atomic E-state index is 0.407. The third kappa shape index (κ3) is 4.22. The van der Waals surface area contributed by atoms with Gasteiger partial charge in [-0.3, -0.25) is 0 Å². The first-order chi connectivity index (χ1) is 9.70. The van der Waals surface area contributed by atoms with Gasteiger partial charge in [0.1, 0.15) is 0 Å². The predicted octanol–water partition coefficient (Wildman–Crippen LogP) is 2.84. The third-order valence-electron chi connectivity index (χ3n) is 4.22. The third-order valence-corrected chi connectivity index (χ3v) is 4.22. The lowest BCUT2D eigenvalue weighted by Crippen LogP contribution is -2.40. The van der Waals surface area contributed by atoms with Crippen molar-refractivity contribution in [2.24, 2.45) is 0 Å². The van der Waals surface area contributed by atoms with Crippen LogP contribution in [0.2, 0.25) is 0 Å². The average molecular weight is 276 g/mol. The molecule has 0 saturated carbocycles. The number of benzene rings is 1. The van der Waals surface area contributed by atoms with Gasteiger partial charge in [0.15, 0.2) is 0 Å². The number of rotatable bonds is 7. The van der Waals surface area contributed by atoms with Crippen molar-refractivity contribution in [3.05, 3.63) is 29.8 Å². The van der Waals surface area contributed by atoms with Crippen molar-refractivity contribution in [1.29, 1.82) is 0 Å². The van der Waals surface area contributed by atoms with E-state index in [1.165, 1.54) is 24.1 Å². The van der Waals surface area contributed by atoms with Gasteiger partial charge in [0.2, 0.25) is 0 Å². The highest BCUT2D eigenvalue weighted by molar-refractivity contribution is 5.46. The summed E-state index contributed by atoms with van der Waals surface area (Å²) >= 11 is 0. The van der Waals surface area contributed by atoms with Crippen molar-refractivity contribution in [2.75, 3.05) is 31.6 Å². The summed E-state index contributed by atoms with van der Waals surface area (Å²) in [5.41, 5.74) is 2.68. The van der Waals surface area contributed by atoms with Crippen LogP contribution in [0.15, 0.2) is 24.3 Å². The molecule has 1 saturated heterocycles. The highest BCUT2D eigenvalue weighted by atomic mass is 16.5. The van der Waals surface area contributed by atoms with Crippen molar-refractivity contribution >= 4 is 5.69 Å². The van der Waals surface area contributed by atoms with Crippen molar-refractivity contribution in [3.8, 4) is 0 Å². The van der Waals surface area contributed by atoms with E-state index < -0.39 is 0 Å². The fourth-order valence-corrected chi connectivity index (χ4v) is 2.70. The molecule has 2 unspecified atom stereocenters. The normalized spacial score (nSPS) is 20.1. The fraction of sp³-hybridized carbons (Fsp3) is 0.647. The Labute approximate surface area is 123 Å². The number of nitrogens with zero attached hydrogens (tertiary/aromatic N) is 1. The van der Waals surface area contributed by atoms with Crippen LogP contribution in [0, 0.1) is 0 Å². The second-order valence-corrected chi connectivity index (χ2v) is 5.74. The molecule has 0 radical (unpaired) electrons. The molecule has 0 spiro atoms. The zero-order valence-electron chi connectivity index (χ0n) is 13.1. The molecule has 1 N–H and O–H groups in total. The van der Waals surface area contributed by atoms with Crippen LogP contribution >= 0.6 is 0 Å². The van der Waals surface area contributed by atoms with E-state index in [1.807, 2.05) is 0 Å². The molecule has 112 valence electrons. The minimum Gasteiger partial charge on any atom is -0.377 e. The molecule has 3 heteroatoms. The Kier molecular flexibility index (Phi) is 5.86. The van der Waals surface area contributed by atoms with Crippen LogP contribution < -0.4 is 10.2 Å². The Morgan fingerprint density at radius 3 is 2.70 bits per heavy atom. The van der Waals surface area contributed by atoms with Crippen molar-refractivity contribution in [3.63, 3.8) is 0 Å². The zero-order chi connectivity index (χ0) is 14.4. The van der Waals surface area contributed by atoms with Gasteiger partial charge in [0.05, 0.1) is 6.10 Å². The molecule has 2 atom stereocenters. The molecule has 1 aromatic carbocycles. The van der Waals surface area contributed by atoms with E-state index in [0.717, 1.165) is 26.1 Å².